The van der Waals surface area contributed by atoms with E-state index in [2.05, 4.69) is 37.8 Å². The Kier molecular flexibility index (Phi) is 8.14. The lowest BCUT2D eigenvalue weighted by atomic mass is 10.2. The van der Waals surface area contributed by atoms with E-state index in [1.54, 1.807) is 4.68 Å². The number of ether oxygens (including phenoxy) is 1. The second-order valence-electron chi connectivity index (χ2n) is 8.03. The van der Waals surface area contributed by atoms with Crippen LogP contribution in [0.25, 0.3) is 11.2 Å². The summed E-state index contributed by atoms with van der Waals surface area (Å²) in [5.41, 5.74) is 1.89. The molecular formula is C22H29N7O4S. The Morgan fingerprint density at radius 1 is 1.21 bits per heavy atom. The van der Waals surface area contributed by atoms with Gasteiger partial charge in [-0.3, -0.25) is 0 Å². The van der Waals surface area contributed by atoms with E-state index in [0.717, 1.165) is 17.7 Å². The van der Waals surface area contributed by atoms with Crippen LogP contribution in [-0.4, -0.2) is 72.3 Å². The Morgan fingerprint density at radius 3 is 2.76 bits per heavy atom. The number of thioether (sulfide) groups is 1. The smallest absolute Gasteiger partial charge is 0.407 e. The van der Waals surface area contributed by atoms with Gasteiger partial charge in [-0.15, -0.1) is 5.10 Å². The number of aliphatic hydroxyl groups is 2. The highest BCUT2D eigenvalue weighted by Crippen LogP contribution is 2.33. The van der Waals surface area contributed by atoms with Crippen molar-refractivity contribution >= 4 is 34.8 Å². The predicted molar refractivity (Wildman–Crippen MR) is 128 cm³/mol. The molecule has 34 heavy (non-hydrogen) atoms. The SMILES string of the molecule is CCCSc1nc(NCCNC(=O)OCc2ccccc2)c2nnn(C3CCC(O)C3O)c2n1. The van der Waals surface area contributed by atoms with Crippen LogP contribution >= 0.6 is 11.8 Å². The third-order valence-corrected chi connectivity index (χ3v) is 6.55. The molecule has 4 rings (SSSR count). The number of carbonyl (C=O) groups excluding carboxylic acids is 1. The zero-order valence-electron chi connectivity index (χ0n) is 18.9. The maximum Gasteiger partial charge on any atom is 0.407 e. The largest absolute Gasteiger partial charge is 0.445 e. The van der Waals surface area contributed by atoms with E-state index in [-0.39, 0.29) is 6.61 Å². The van der Waals surface area contributed by atoms with Crippen LogP contribution in [0, 0.1) is 0 Å². The van der Waals surface area contributed by atoms with Gasteiger partial charge in [-0.05, 0) is 24.8 Å². The molecule has 1 fully saturated rings. The second-order valence-corrected chi connectivity index (χ2v) is 9.09. The van der Waals surface area contributed by atoms with Crippen LogP contribution in [0.2, 0.25) is 0 Å². The van der Waals surface area contributed by atoms with Crippen molar-refractivity contribution in [3.63, 3.8) is 0 Å². The van der Waals surface area contributed by atoms with Gasteiger partial charge >= 0.3 is 6.09 Å². The highest BCUT2D eigenvalue weighted by molar-refractivity contribution is 7.99. The molecule has 3 unspecified atom stereocenters. The van der Waals surface area contributed by atoms with E-state index < -0.39 is 24.3 Å². The van der Waals surface area contributed by atoms with Crippen molar-refractivity contribution < 1.29 is 19.7 Å². The molecule has 3 aromatic rings. The lowest BCUT2D eigenvalue weighted by Gasteiger charge is -2.16. The Bertz CT molecular complexity index is 1100. The minimum atomic E-state index is -0.922. The van der Waals surface area contributed by atoms with Gasteiger partial charge in [0.1, 0.15) is 12.7 Å². The molecular weight excluding hydrogens is 458 g/mol. The van der Waals surface area contributed by atoms with Crippen molar-refractivity contribution in [2.75, 3.05) is 24.2 Å². The lowest BCUT2D eigenvalue weighted by Crippen LogP contribution is -2.29. The summed E-state index contributed by atoms with van der Waals surface area (Å²) in [4.78, 5) is 21.1. The van der Waals surface area contributed by atoms with Gasteiger partial charge in [0.25, 0.3) is 0 Å². The number of hydrogen-bond acceptors (Lipinski definition) is 10. The molecule has 3 atom stereocenters. The molecule has 11 nitrogen and oxygen atoms in total. The van der Waals surface area contributed by atoms with E-state index in [0.29, 0.717) is 48.1 Å². The molecule has 4 N–H and O–H groups in total. The van der Waals surface area contributed by atoms with Crippen LogP contribution in [0.4, 0.5) is 10.6 Å². The van der Waals surface area contributed by atoms with E-state index >= 15 is 0 Å². The third kappa shape index (κ3) is 5.75. The van der Waals surface area contributed by atoms with Crippen LogP contribution in [0.1, 0.15) is 37.8 Å². The normalized spacial score (nSPS) is 19.9. The molecule has 1 aliphatic rings. The Balaban J connectivity index is 1.40. The van der Waals surface area contributed by atoms with Gasteiger partial charge < -0.3 is 25.6 Å². The molecule has 2 heterocycles. The maximum atomic E-state index is 12.0. The summed E-state index contributed by atoms with van der Waals surface area (Å²) in [6.07, 6.45) is -0.168. The number of nitrogens with zero attached hydrogens (tertiary/aromatic N) is 5. The number of rotatable bonds is 10. The van der Waals surface area contributed by atoms with Gasteiger partial charge in [-0.1, -0.05) is 54.2 Å². The minimum absolute atomic E-state index is 0.204. The van der Waals surface area contributed by atoms with Crippen LogP contribution in [-0.2, 0) is 11.3 Å². The van der Waals surface area contributed by atoms with Gasteiger partial charge in [-0.2, -0.15) is 0 Å². The Hall–Kier alpha value is -2.96. The molecule has 1 aliphatic carbocycles. The molecule has 1 aromatic carbocycles. The summed E-state index contributed by atoms with van der Waals surface area (Å²) in [5.74, 6) is 1.36. The molecule has 1 saturated carbocycles. The number of alkyl carbamates (subject to hydrolysis) is 1. The standard InChI is InChI=1S/C22H29N7O4S/c1-2-12-34-21-25-19(23-10-11-24-22(32)33-13-14-6-4-3-5-7-14)17-20(26-21)29(28-27-17)15-8-9-16(30)18(15)31/h3-7,15-16,18,30-31H,2,8-13H2,1H3,(H,24,32)(H,23,25,26). The van der Waals surface area contributed by atoms with Gasteiger partial charge in [0.2, 0.25) is 0 Å². The number of hydrogen-bond donors (Lipinski definition) is 4. The van der Waals surface area contributed by atoms with Crippen molar-refractivity contribution in [2.24, 2.45) is 0 Å². The van der Waals surface area contributed by atoms with Crippen molar-refractivity contribution in [3.05, 3.63) is 35.9 Å². The molecule has 2 aromatic heterocycles. The molecule has 0 radical (unpaired) electrons. The summed E-state index contributed by atoms with van der Waals surface area (Å²) in [6.45, 7) is 2.99. The Labute approximate surface area is 201 Å². The molecule has 0 spiro atoms. The summed E-state index contributed by atoms with van der Waals surface area (Å²) >= 11 is 1.52. The number of nitrogens with one attached hydrogen (secondary N) is 2. The van der Waals surface area contributed by atoms with Gasteiger partial charge in [0.05, 0.1) is 12.1 Å². The average molecular weight is 488 g/mol. The number of amides is 1. The summed E-state index contributed by atoms with van der Waals surface area (Å²) in [5, 5.41) is 35.2. The number of aliphatic hydroxyl groups excluding tert-OH is 2. The molecule has 12 heteroatoms. The summed E-state index contributed by atoms with van der Waals surface area (Å²) in [6, 6.07) is 9.07. The maximum absolute atomic E-state index is 12.0. The van der Waals surface area contributed by atoms with E-state index in [1.165, 1.54) is 11.8 Å². The number of aromatic nitrogens is 5. The fourth-order valence-corrected chi connectivity index (χ4v) is 4.43. The molecule has 0 saturated heterocycles. The average Bonchev–Trinajstić information content (AvgIpc) is 3.42. The lowest BCUT2D eigenvalue weighted by molar-refractivity contribution is 0.0215. The van der Waals surface area contributed by atoms with Crippen molar-refractivity contribution in [3.8, 4) is 0 Å². The van der Waals surface area contributed by atoms with Crippen molar-refractivity contribution in [1.29, 1.82) is 0 Å². The first-order chi connectivity index (χ1) is 16.6. The highest BCUT2D eigenvalue weighted by Gasteiger charge is 2.37. The molecule has 0 bridgehead atoms. The monoisotopic (exact) mass is 487 g/mol. The fraction of sp³-hybridized carbons (Fsp3) is 0.500. The van der Waals surface area contributed by atoms with E-state index in [9.17, 15) is 15.0 Å². The van der Waals surface area contributed by atoms with Gasteiger partial charge in [-0.25, -0.2) is 19.4 Å². The van der Waals surface area contributed by atoms with Crippen LogP contribution in [0.3, 0.4) is 0 Å². The van der Waals surface area contributed by atoms with Crippen molar-refractivity contribution in [1.82, 2.24) is 30.3 Å². The summed E-state index contributed by atoms with van der Waals surface area (Å²) < 4.78 is 6.80. The quantitative estimate of drug-likeness (QED) is 0.190. The van der Waals surface area contributed by atoms with Crippen LogP contribution < -0.4 is 10.6 Å². The topological polar surface area (TPSA) is 147 Å². The van der Waals surface area contributed by atoms with Crippen LogP contribution in [0.15, 0.2) is 35.5 Å². The first kappa shape index (κ1) is 24.2. The van der Waals surface area contributed by atoms with Gasteiger partial charge in [0, 0.05) is 18.8 Å². The van der Waals surface area contributed by atoms with E-state index in [4.69, 9.17) is 4.74 Å². The highest BCUT2D eigenvalue weighted by atomic mass is 32.2. The predicted octanol–water partition coefficient (Wildman–Crippen LogP) is 2.12. The number of anilines is 1. The number of fused-ring (bicyclic) bond motifs is 1. The zero-order chi connectivity index (χ0) is 23.9. The van der Waals surface area contributed by atoms with Crippen LogP contribution in [0.5, 0.6) is 0 Å². The summed E-state index contributed by atoms with van der Waals surface area (Å²) in [7, 11) is 0. The molecule has 1 amide bonds. The first-order valence-electron chi connectivity index (χ1n) is 11.4. The Morgan fingerprint density at radius 2 is 2.03 bits per heavy atom. The van der Waals surface area contributed by atoms with Gasteiger partial charge in [0.15, 0.2) is 22.1 Å². The zero-order valence-corrected chi connectivity index (χ0v) is 19.7. The van der Waals surface area contributed by atoms with E-state index in [1.807, 2.05) is 30.3 Å². The third-order valence-electron chi connectivity index (χ3n) is 5.50. The fourth-order valence-electron chi connectivity index (χ4n) is 3.74. The minimum Gasteiger partial charge on any atom is -0.445 e. The second kappa shape index (κ2) is 11.4. The molecule has 182 valence electrons. The molecule has 0 aliphatic heterocycles. The van der Waals surface area contributed by atoms with Crippen molar-refractivity contribution in [2.45, 2.75) is 56.2 Å². The number of benzene rings is 1. The first-order valence-corrected chi connectivity index (χ1v) is 12.4. The number of carbonyl (C=O) groups is 1.